The number of para-hydroxylation sites is 1. The molecule has 2 aliphatic heterocycles. The van der Waals surface area contributed by atoms with Gasteiger partial charge in [0.2, 0.25) is 17.7 Å². The predicted octanol–water partition coefficient (Wildman–Crippen LogP) is 9.69. The minimum Gasteiger partial charge on any atom is -0.491 e. The minimum atomic E-state index is -1.63. The number of alkyl halides is 1. The lowest BCUT2D eigenvalue weighted by molar-refractivity contribution is -0.153. The quantitative estimate of drug-likeness (QED) is 0.0300. The number of carbonyl (C=O) groups excluding carboxylic acids is 5. The fourth-order valence-corrected chi connectivity index (χ4v) is 11.4. The van der Waals surface area contributed by atoms with E-state index in [1.807, 2.05) is 74.2 Å². The van der Waals surface area contributed by atoms with Crippen molar-refractivity contribution in [3.05, 3.63) is 106 Å². The summed E-state index contributed by atoms with van der Waals surface area (Å²) in [4.78, 5) is 80.9. The number of alkyl carbamates (subject to hydrolysis) is 1. The number of rotatable bonds is 26. The van der Waals surface area contributed by atoms with E-state index < -0.39 is 95.0 Å². The number of H-pyrrole nitrogens is 1. The monoisotopic (exact) mass is 1200 g/mol. The number of hydrogen-bond donors (Lipinski definition) is 4. The van der Waals surface area contributed by atoms with Crippen molar-refractivity contribution in [2.24, 2.45) is 11.3 Å². The summed E-state index contributed by atoms with van der Waals surface area (Å²) in [5.41, 5.74) is 3.43. The Labute approximate surface area is 500 Å². The number of nitrogens with zero attached hydrogens (tertiary/aromatic N) is 3. The molecule has 85 heavy (non-hydrogen) atoms. The molecule has 5 aromatic rings. The number of carbonyl (C=O) groups is 5. The number of ether oxygens (including phenoxy) is 6. The number of amides is 4. The van der Waals surface area contributed by atoms with Crippen LogP contribution >= 0.6 is 11.3 Å². The van der Waals surface area contributed by atoms with Gasteiger partial charge in [-0.3, -0.25) is 19.3 Å². The molecule has 464 valence electrons. The first-order valence-corrected chi connectivity index (χ1v) is 30.0. The highest BCUT2D eigenvalue weighted by Crippen LogP contribution is 2.44. The van der Waals surface area contributed by atoms with Crippen molar-refractivity contribution >= 4 is 52.0 Å². The summed E-state index contributed by atoms with van der Waals surface area (Å²) >= 11 is 1.53. The molecule has 2 aliphatic rings. The lowest BCUT2D eigenvalue weighted by Crippen LogP contribution is -2.58. The molecule has 4 heterocycles. The van der Waals surface area contributed by atoms with Gasteiger partial charge < -0.3 is 54.3 Å². The van der Waals surface area contributed by atoms with Crippen molar-refractivity contribution < 1.29 is 65.6 Å². The van der Waals surface area contributed by atoms with Gasteiger partial charge in [-0.25, -0.2) is 27.7 Å². The van der Waals surface area contributed by atoms with Crippen LogP contribution in [-0.4, -0.2) is 150 Å². The third-order valence-corrected chi connectivity index (χ3v) is 16.0. The van der Waals surface area contributed by atoms with Crippen molar-refractivity contribution in [3.63, 3.8) is 0 Å². The molecule has 0 spiro atoms. The van der Waals surface area contributed by atoms with Gasteiger partial charge in [0.15, 0.2) is 0 Å². The Morgan fingerprint density at radius 3 is 2.13 bits per heavy atom. The molecule has 0 aliphatic carbocycles. The fourth-order valence-electron chi connectivity index (χ4n) is 10.6. The van der Waals surface area contributed by atoms with Gasteiger partial charge in [0.1, 0.15) is 66.1 Å². The average Bonchev–Trinajstić information content (AvgIpc) is 1.85. The van der Waals surface area contributed by atoms with Crippen LogP contribution in [-0.2, 0) is 55.8 Å². The lowest BCUT2D eigenvalue weighted by Gasteiger charge is -2.43. The third-order valence-electron chi connectivity index (χ3n) is 15.0. The Hall–Kier alpha value is -6.59. The number of aromatic nitrogens is 2. The average molecular weight is 1200 g/mol. The molecule has 22 heteroatoms. The van der Waals surface area contributed by atoms with Gasteiger partial charge in [-0.05, 0) is 89.0 Å². The number of halogens is 3. The summed E-state index contributed by atoms with van der Waals surface area (Å²) in [5.74, 6) is -4.39. The molecule has 0 unspecified atom stereocenters. The number of aromatic amines is 1. The second kappa shape index (κ2) is 28.7. The highest BCUT2D eigenvalue weighted by atomic mass is 32.1. The lowest BCUT2D eigenvalue weighted by atomic mass is 9.85. The molecule has 18 nitrogen and oxygen atoms in total. The van der Waals surface area contributed by atoms with Gasteiger partial charge in [0, 0.05) is 59.8 Å². The van der Waals surface area contributed by atoms with Gasteiger partial charge in [0.25, 0.3) is 0 Å². The normalized spacial score (nSPS) is 18.6. The van der Waals surface area contributed by atoms with E-state index in [0.717, 1.165) is 50.3 Å². The first kappa shape index (κ1) is 65.9. The van der Waals surface area contributed by atoms with E-state index in [0.29, 0.717) is 18.5 Å². The Kier molecular flexibility index (Phi) is 22.3. The predicted molar refractivity (Wildman–Crippen MR) is 318 cm³/mol. The molecule has 4 amide bonds. The van der Waals surface area contributed by atoms with Crippen LogP contribution in [0, 0.1) is 29.9 Å². The Balaban J connectivity index is 0.884. The SMILES string of the molecule is CC[C@H](C)[C@H](NC(=O)OC(C)(C)C)C(=O)O[C@@H]1C[C@@H](C(=O)NCc2ccc(-c3scnc3C)cc2)N(C(=O)[C@@H](NC(=O)COCCOCCOCCOc2cc(F)c([C@@H]3c4[nH]c5ccccc5c4C[C@@H](C)N3CC(C)(C)F)c(F)c2)C(C)(C)C)C1. The fraction of sp³-hybridized carbons (Fsp3) is 0.556. The maximum atomic E-state index is 16.1. The highest BCUT2D eigenvalue weighted by molar-refractivity contribution is 7.13. The Morgan fingerprint density at radius 2 is 1.52 bits per heavy atom. The van der Waals surface area contributed by atoms with Crippen LogP contribution in [0.25, 0.3) is 21.3 Å². The summed E-state index contributed by atoms with van der Waals surface area (Å²) in [6, 6.07) is 13.3. The van der Waals surface area contributed by atoms with Crippen molar-refractivity contribution in [2.75, 3.05) is 59.3 Å². The summed E-state index contributed by atoms with van der Waals surface area (Å²) in [7, 11) is 0. The number of esters is 1. The van der Waals surface area contributed by atoms with Gasteiger partial charge >= 0.3 is 12.1 Å². The van der Waals surface area contributed by atoms with Crippen molar-refractivity contribution in [3.8, 4) is 16.2 Å². The van der Waals surface area contributed by atoms with Crippen LogP contribution in [0.3, 0.4) is 0 Å². The van der Waals surface area contributed by atoms with Crippen LogP contribution < -0.4 is 20.7 Å². The zero-order valence-electron chi connectivity index (χ0n) is 51.0. The van der Waals surface area contributed by atoms with Crippen molar-refractivity contribution in [1.82, 2.24) is 35.7 Å². The minimum absolute atomic E-state index is 0.0130. The topological polar surface area (TPSA) is 212 Å². The molecule has 0 saturated carbocycles. The zero-order chi connectivity index (χ0) is 62.0. The number of benzene rings is 3. The van der Waals surface area contributed by atoms with E-state index in [2.05, 4.69) is 25.9 Å². The molecule has 0 radical (unpaired) electrons. The molecule has 1 fully saturated rings. The summed E-state index contributed by atoms with van der Waals surface area (Å²) < 4.78 is 81.4. The molecular formula is C63H84F3N7O11S. The summed E-state index contributed by atoms with van der Waals surface area (Å²) in [6.45, 7) is 20.9. The molecule has 7 atom stereocenters. The van der Waals surface area contributed by atoms with Crippen LogP contribution in [0.1, 0.15) is 123 Å². The largest absolute Gasteiger partial charge is 0.491 e. The van der Waals surface area contributed by atoms with E-state index in [9.17, 15) is 24.0 Å². The second-order valence-electron chi connectivity index (χ2n) is 24.7. The third kappa shape index (κ3) is 17.8. The van der Waals surface area contributed by atoms with E-state index in [1.165, 1.54) is 30.1 Å². The van der Waals surface area contributed by atoms with E-state index in [4.69, 9.17) is 28.4 Å². The zero-order valence-corrected chi connectivity index (χ0v) is 51.8. The molecule has 1 saturated heterocycles. The highest BCUT2D eigenvalue weighted by Gasteiger charge is 2.47. The smallest absolute Gasteiger partial charge is 0.408 e. The number of aryl methyl sites for hydroxylation is 1. The molecular weight excluding hydrogens is 1120 g/mol. The van der Waals surface area contributed by atoms with Crippen LogP contribution in [0.15, 0.2) is 66.2 Å². The maximum absolute atomic E-state index is 16.1. The van der Waals surface area contributed by atoms with Crippen molar-refractivity contribution in [1.29, 1.82) is 0 Å². The van der Waals surface area contributed by atoms with Crippen molar-refractivity contribution in [2.45, 2.75) is 156 Å². The standard InChI is InChI=1S/C63H84F3N7O11S/c1-13-37(2)52(71-60(78)84-62(8,9)10)59(77)83-43-31-49(57(75)67-32-40-18-20-41(21-19-40)55-39(4)68-36-85-55)72(33-43)58(76)56(61(5,6)7)70-50(74)34-81-25-24-79-22-23-80-26-27-82-42-29-46(64)51(47(65)30-42)54-53-45(44-16-14-15-17-48(44)69-53)28-38(3)73(54)35-63(11,12)66/h14-21,29-30,36-38,43,49,52,54,56,69H,13,22-28,31-35H2,1-12H3,(H,67,75)(H,70,74)(H,71,78)/t37-,38+,43+,49-,52-,54+,56+/m0/s1. The molecule has 2 aromatic heterocycles. The summed E-state index contributed by atoms with van der Waals surface area (Å²) in [5, 5.41) is 9.37. The van der Waals surface area contributed by atoms with Gasteiger partial charge in [-0.15, -0.1) is 11.3 Å². The maximum Gasteiger partial charge on any atom is 0.408 e. The second-order valence-corrected chi connectivity index (χ2v) is 25.5. The molecule has 4 N–H and O–H groups in total. The van der Waals surface area contributed by atoms with Gasteiger partial charge in [-0.1, -0.05) is 83.5 Å². The van der Waals surface area contributed by atoms with Crippen LogP contribution in [0.4, 0.5) is 18.0 Å². The molecule has 7 rings (SSSR count). The summed E-state index contributed by atoms with van der Waals surface area (Å²) in [6.07, 6.45) is -0.674. The number of nitrogens with one attached hydrogen (secondary N) is 4. The van der Waals surface area contributed by atoms with E-state index in [1.54, 1.807) is 54.0 Å². The number of likely N-dealkylation sites (tertiary alicyclic amines) is 1. The van der Waals surface area contributed by atoms with Gasteiger partial charge in [0.05, 0.1) is 61.7 Å². The number of hydrogen-bond acceptors (Lipinski definition) is 14. The van der Waals surface area contributed by atoms with Crippen LogP contribution in [0.2, 0.25) is 0 Å². The van der Waals surface area contributed by atoms with E-state index >= 15 is 13.2 Å². The first-order chi connectivity index (χ1) is 40.1. The molecule has 0 bridgehead atoms. The first-order valence-electron chi connectivity index (χ1n) is 29.1. The van der Waals surface area contributed by atoms with Gasteiger partial charge in [-0.2, -0.15) is 0 Å². The van der Waals surface area contributed by atoms with Crippen LogP contribution in [0.5, 0.6) is 5.75 Å². The number of thiazole rings is 1. The van der Waals surface area contributed by atoms with E-state index in [-0.39, 0.29) is 89.0 Å². The Bertz CT molecular complexity index is 3080. The Morgan fingerprint density at radius 1 is 0.871 bits per heavy atom. The molecule has 3 aromatic carbocycles. The number of fused-ring (bicyclic) bond motifs is 3.